The number of carbonyl (C=O) groups is 3. The first kappa shape index (κ1) is 38.4. The molecular weight excluding hydrogens is 646 g/mol. The molecule has 0 saturated carbocycles. The molecule has 13 nitrogen and oxygen atoms in total. The van der Waals surface area contributed by atoms with Crippen molar-refractivity contribution >= 4 is 23.5 Å². The molecule has 0 unspecified atom stereocenters. The Balaban J connectivity index is 1.48. The van der Waals surface area contributed by atoms with E-state index in [4.69, 9.17) is 28.4 Å². The van der Waals surface area contributed by atoms with Crippen molar-refractivity contribution in [2.24, 2.45) is 0 Å². The van der Waals surface area contributed by atoms with Crippen LogP contribution >= 0.6 is 0 Å². The van der Waals surface area contributed by atoms with Crippen LogP contribution < -0.4 is 35.6 Å². The summed E-state index contributed by atoms with van der Waals surface area (Å²) in [6, 6.07) is 6.36. The molecule has 3 atom stereocenters. The summed E-state index contributed by atoms with van der Waals surface area (Å²) in [5.74, 6) is -0.399. The lowest BCUT2D eigenvalue weighted by Gasteiger charge is -2.40. The van der Waals surface area contributed by atoms with Crippen molar-refractivity contribution in [1.82, 2.24) is 10.6 Å². The number of hydrogen-bond acceptors (Lipinski definition) is 11. The summed E-state index contributed by atoms with van der Waals surface area (Å²) in [4.78, 5) is 51.1. The molecule has 0 radical (unpaired) electrons. The fourth-order valence-corrected chi connectivity index (χ4v) is 6.56. The van der Waals surface area contributed by atoms with Gasteiger partial charge in [-0.1, -0.05) is 6.07 Å². The maximum atomic E-state index is 13.6. The molecule has 274 valence electrons. The zero-order valence-corrected chi connectivity index (χ0v) is 30.6. The van der Waals surface area contributed by atoms with E-state index in [0.717, 1.165) is 11.1 Å². The molecular formula is C37H51N3O10. The molecule has 1 fully saturated rings. The zero-order valence-electron chi connectivity index (χ0n) is 30.6. The quantitative estimate of drug-likeness (QED) is 0.270. The highest BCUT2D eigenvalue weighted by molar-refractivity contribution is 5.84. The Bertz CT molecular complexity index is 1630. The van der Waals surface area contributed by atoms with Gasteiger partial charge in [0.1, 0.15) is 5.60 Å². The Kier molecular flexibility index (Phi) is 12.4. The fraction of sp³-hybridized carbons (Fsp3) is 0.568. The first-order chi connectivity index (χ1) is 23.5. The van der Waals surface area contributed by atoms with Gasteiger partial charge in [-0.05, 0) is 88.8 Å². The molecule has 1 heterocycles. The predicted molar refractivity (Wildman–Crippen MR) is 188 cm³/mol. The molecule has 1 aliphatic carbocycles. The van der Waals surface area contributed by atoms with Crippen LogP contribution in [0.5, 0.6) is 17.2 Å². The van der Waals surface area contributed by atoms with E-state index in [9.17, 15) is 19.2 Å². The highest BCUT2D eigenvalue weighted by atomic mass is 16.7. The van der Waals surface area contributed by atoms with Gasteiger partial charge in [0.15, 0.2) is 17.3 Å². The number of aryl methyl sites for hydroxylation is 1. The summed E-state index contributed by atoms with van der Waals surface area (Å²) in [5, 5.41) is 8.85. The van der Waals surface area contributed by atoms with E-state index in [-0.39, 0.29) is 54.1 Å². The Morgan fingerprint density at radius 1 is 0.980 bits per heavy atom. The number of rotatable bonds is 12. The van der Waals surface area contributed by atoms with Gasteiger partial charge in [-0.15, -0.1) is 0 Å². The Morgan fingerprint density at radius 3 is 2.32 bits per heavy atom. The molecule has 0 bridgehead atoms. The maximum Gasteiger partial charge on any atom is 0.308 e. The summed E-state index contributed by atoms with van der Waals surface area (Å²) in [5.41, 5.74) is 2.24. The first-order valence-corrected chi connectivity index (χ1v) is 16.9. The maximum absolute atomic E-state index is 13.6. The Morgan fingerprint density at radius 2 is 1.68 bits per heavy atom. The number of esters is 1. The molecule has 0 spiro atoms. The number of nitrogens with one attached hydrogen (secondary N) is 3. The van der Waals surface area contributed by atoms with Crippen LogP contribution in [-0.2, 0) is 35.0 Å². The molecule has 50 heavy (non-hydrogen) atoms. The van der Waals surface area contributed by atoms with Crippen molar-refractivity contribution < 1.29 is 42.8 Å². The summed E-state index contributed by atoms with van der Waals surface area (Å²) in [7, 11) is 4.62. The van der Waals surface area contributed by atoms with Gasteiger partial charge in [0.2, 0.25) is 23.0 Å². The second-order valence-corrected chi connectivity index (χ2v) is 14.0. The van der Waals surface area contributed by atoms with E-state index in [0.29, 0.717) is 60.6 Å². The van der Waals surface area contributed by atoms with Gasteiger partial charge >= 0.3 is 5.97 Å². The highest BCUT2D eigenvalue weighted by Gasteiger charge is 2.37. The van der Waals surface area contributed by atoms with Gasteiger partial charge in [0, 0.05) is 25.5 Å². The van der Waals surface area contributed by atoms with Crippen LogP contribution in [0.4, 0.5) is 5.69 Å². The third kappa shape index (κ3) is 9.87. The number of benzene rings is 1. The normalized spacial score (nSPS) is 19.5. The number of fused-ring (bicyclic) bond motifs is 3. The lowest BCUT2D eigenvalue weighted by atomic mass is 9.95. The van der Waals surface area contributed by atoms with Crippen LogP contribution in [0.2, 0.25) is 0 Å². The number of ether oxygens (including phenoxy) is 6. The monoisotopic (exact) mass is 697 g/mol. The molecule has 2 aromatic carbocycles. The van der Waals surface area contributed by atoms with Gasteiger partial charge in [0.05, 0.1) is 58.2 Å². The van der Waals surface area contributed by atoms with Crippen molar-refractivity contribution in [3.63, 3.8) is 0 Å². The Hall–Kier alpha value is -4.36. The molecule has 3 N–H and O–H groups in total. The lowest BCUT2D eigenvalue weighted by Crippen LogP contribution is -2.46. The molecule has 2 aliphatic rings. The van der Waals surface area contributed by atoms with Crippen LogP contribution in [0.15, 0.2) is 29.1 Å². The van der Waals surface area contributed by atoms with Crippen LogP contribution in [0.25, 0.3) is 11.1 Å². The molecule has 1 aliphatic heterocycles. The highest BCUT2D eigenvalue weighted by Crippen LogP contribution is 2.50. The van der Waals surface area contributed by atoms with Crippen molar-refractivity contribution in [1.29, 1.82) is 0 Å². The molecule has 1 saturated heterocycles. The predicted octanol–water partition coefficient (Wildman–Crippen LogP) is 4.42. The summed E-state index contributed by atoms with van der Waals surface area (Å²) < 4.78 is 34.5. The summed E-state index contributed by atoms with van der Waals surface area (Å²) in [6.07, 6.45) is 1.58. The van der Waals surface area contributed by atoms with E-state index in [2.05, 4.69) is 16.0 Å². The topological polar surface area (TPSA) is 160 Å². The molecule has 13 heteroatoms. The second kappa shape index (κ2) is 16.1. The first-order valence-electron chi connectivity index (χ1n) is 16.9. The second-order valence-electron chi connectivity index (χ2n) is 14.0. The Labute approximate surface area is 293 Å². The van der Waals surface area contributed by atoms with Gasteiger partial charge < -0.3 is 44.4 Å². The third-order valence-corrected chi connectivity index (χ3v) is 8.38. The molecule has 2 amide bonds. The average Bonchev–Trinajstić information content (AvgIpc) is 3.25. The molecule has 2 aromatic rings. The molecule has 4 rings (SSSR count). The molecule has 0 aromatic heterocycles. The van der Waals surface area contributed by atoms with Gasteiger partial charge in [0.25, 0.3) is 0 Å². The van der Waals surface area contributed by atoms with E-state index in [1.165, 1.54) is 20.1 Å². The third-order valence-electron chi connectivity index (χ3n) is 8.38. The SMILES string of the molecule is COc1cc2c(c(OC)c1OC)-c1ccc(NCC(=O)NCC[C@H]3C[C@@H](CC(=O)OC(C)(C)C)OC(C)(C)O3)c(=O)cc1[C@H](NC(C)=O)CC2. The van der Waals surface area contributed by atoms with Crippen molar-refractivity contribution in [3.8, 4) is 28.4 Å². The standard InChI is InChI=1S/C37H51N3O10/c1-21(41)40-27-12-10-22-16-30(45-7)34(46-8)35(47-9)33(22)25-11-13-28(29(42)19-26(25)27)39-20-31(43)38-15-14-23-17-24(49-37(5,6)48-23)18-32(44)50-36(2,3)4/h11,13,16,19,23-24,27H,10,12,14-15,17-18,20H2,1-9H3,(H,38,43)(H,39,42)(H,40,41)/t23-,24-,27+/m0/s1. The number of amides is 2. The van der Waals surface area contributed by atoms with Crippen LogP contribution in [-0.4, -0.2) is 75.8 Å². The van der Waals surface area contributed by atoms with E-state index in [1.54, 1.807) is 40.2 Å². The smallest absolute Gasteiger partial charge is 0.308 e. The van der Waals surface area contributed by atoms with Gasteiger partial charge in [-0.2, -0.15) is 0 Å². The fourth-order valence-electron chi connectivity index (χ4n) is 6.56. The number of hydrogen-bond donors (Lipinski definition) is 3. The summed E-state index contributed by atoms with van der Waals surface area (Å²) >= 11 is 0. The average molecular weight is 698 g/mol. The lowest BCUT2D eigenvalue weighted by molar-refractivity contribution is -0.300. The largest absolute Gasteiger partial charge is 0.493 e. The number of methoxy groups -OCH3 is 3. The van der Waals surface area contributed by atoms with E-state index in [1.807, 2.05) is 26.8 Å². The van der Waals surface area contributed by atoms with E-state index >= 15 is 0 Å². The van der Waals surface area contributed by atoms with Gasteiger partial charge in [-0.25, -0.2) is 0 Å². The number of carbonyl (C=O) groups excluding carboxylic acids is 3. The summed E-state index contributed by atoms with van der Waals surface area (Å²) in [6.45, 7) is 10.7. The van der Waals surface area contributed by atoms with Crippen LogP contribution in [0.1, 0.15) is 84.4 Å². The van der Waals surface area contributed by atoms with E-state index < -0.39 is 17.4 Å². The van der Waals surface area contributed by atoms with Crippen molar-refractivity contribution in [2.75, 3.05) is 39.7 Å². The van der Waals surface area contributed by atoms with Crippen molar-refractivity contribution in [2.45, 2.75) is 103 Å². The van der Waals surface area contributed by atoms with Crippen LogP contribution in [0, 0.1) is 0 Å². The minimum Gasteiger partial charge on any atom is -0.493 e. The van der Waals surface area contributed by atoms with Gasteiger partial charge in [-0.3, -0.25) is 19.2 Å². The van der Waals surface area contributed by atoms with Crippen LogP contribution in [0.3, 0.4) is 0 Å². The minimum atomic E-state index is -0.895. The minimum absolute atomic E-state index is 0.109. The zero-order chi connectivity index (χ0) is 36.8. The van der Waals surface area contributed by atoms with Crippen molar-refractivity contribution in [3.05, 3.63) is 45.6 Å². The number of anilines is 1.